The highest BCUT2D eigenvalue weighted by Crippen LogP contribution is 2.21. The highest BCUT2D eigenvalue weighted by Gasteiger charge is 2.30. The highest BCUT2D eigenvalue weighted by atomic mass is 16.4. The first-order valence-electron chi connectivity index (χ1n) is 6.39. The smallest absolute Gasteiger partial charge is 0.320 e. The Morgan fingerprint density at radius 3 is 2.95 bits per heavy atom. The molecule has 0 saturated carbocycles. The van der Waals surface area contributed by atoms with E-state index in [1.54, 1.807) is 0 Å². The third kappa shape index (κ3) is 3.54. The number of benzene rings is 1. The lowest BCUT2D eigenvalue weighted by Crippen LogP contribution is -2.35. The predicted molar refractivity (Wildman–Crippen MR) is 71.8 cm³/mol. The van der Waals surface area contributed by atoms with Crippen LogP contribution in [0, 0.1) is 0 Å². The Hall–Kier alpha value is -1.88. The topological polar surface area (TPSA) is 69.6 Å². The van der Waals surface area contributed by atoms with Crippen LogP contribution in [-0.4, -0.2) is 34.5 Å². The number of carboxylic acid groups (broad SMARTS) is 1. The zero-order valence-corrected chi connectivity index (χ0v) is 10.9. The molecule has 1 aliphatic rings. The molecule has 1 fully saturated rings. The molecule has 19 heavy (non-hydrogen) atoms. The number of hydrogen-bond donors (Lipinski definition) is 2. The maximum absolute atomic E-state index is 11.1. The second-order valence-corrected chi connectivity index (χ2v) is 4.85. The summed E-state index contributed by atoms with van der Waals surface area (Å²) in [6.07, 6.45) is 1.63. The number of hydrogen-bond acceptors (Lipinski definition) is 3. The van der Waals surface area contributed by atoms with Gasteiger partial charge in [0.1, 0.15) is 6.04 Å². The van der Waals surface area contributed by atoms with Gasteiger partial charge in [-0.15, -0.1) is 0 Å². The quantitative estimate of drug-likeness (QED) is 0.866. The number of nitrogens with one attached hydrogen (secondary N) is 1. The van der Waals surface area contributed by atoms with Crippen LogP contribution >= 0.6 is 0 Å². The Morgan fingerprint density at radius 1 is 1.47 bits per heavy atom. The van der Waals surface area contributed by atoms with Crippen LogP contribution < -0.4 is 5.32 Å². The molecule has 1 atom stereocenters. The fourth-order valence-electron chi connectivity index (χ4n) is 2.48. The molecule has 2 N–H and O–H groups in total. The van der Waals surface area contributed by atoms with E-state index in [9.17, 15) is 9.59 Å². The standard InChI is InChI=1S/C14H18N2O3/c1-10(17)15-12-5-2-4-11(8-12)9-16-7-3-6-13(16)14(18)19/h2,4-5,8,13H,3,6-7,9H2,1H3,(H,15,17)(H,18,19). The summed E-state index contributed by atoms with van der Waals surface area (Å²) in [5.41, 5.74) is 1.76. The number of aliphatic carboxylic acids is 1. The van der Waals surface area contributed by atoms with Gasteiger partial charge in [-0.25, -0.2) is 0 Å². The summed E-state index contributed by atoms with van der Waals surface area (Å²) >= 11 is 0. The molecule has 1 amide bonds. The summed E-state index contributed by atoms with van der Waals surface area (Å²) in [4.78, 5) is 24.1. The first-order chi connectivity index (χ1) is 9.06. The molecule has 0 bridgehead atoms. The van der Waals surface area contributed by atoms with Gasteiger partial charge in [-0.3, -0.25) is 14.5 Å². The third-order valence-corrected chi connectivity index (χ3v) is 3.28. The number of carboxylic acids is 1. The largest absolute Gasteiger partial charge is 0.480 e. The molecule has 102 valence electrons. The van der Waals surface area contributed by atoms with E-state index < -0.39 is 5.97 Å². The van der Waals surface area contributed by atoms with Crippen molar-refractivity contribution in [1.82, 2.24) is 4.90 Å². The molecule has 1 saturated heterocycles. The lowest BCUT2D eigenvalue weighted by molar-refractivity contribution is -0.142. The van der Waals surface area contributed by atoms with Gasteiger partial charge in [0.2, 0.25) is 5.91 Å². The van der Waals surface area contributed by atoms with Crippen molar-refractivity contribution >= 4 is 17.6 Å². The molecule has 5 nitrogen and oxygen atoms in total. The molecule has 0 aliphatic carbocycles. The van der Waals surface area contributed by atoms with Crippen molar-refractivity contribution in [3.8, 4) is 0 Å². The van der Waals surface area contributed by atoms with Crippen molar-refractivity contribution in [2.45, 2.75) is 32.4 Å². The number of likely N-dealkylation sites (tertiary alicyclic amines) is 1. The molecular formula is C14H18N2O3. The van der Waals surface area contributed by atoms with Gasteiger partial charge >= 0.3 is 5.97 Å². The van der Waals surface area contributed by atoms with Gasteiger partial charge in [0, 0.05) is 19.2 Å². The summed E-state index contributed by atoms with van der Waals surface area (Å²) in [6, 6.07) is 7.14. The van der Waals surface area contributed by atoms with Crippen molar-refractivity contribution in [1.29, 1.82) is 0 Å². The number of amides is 1. The van der Waals surface area contributed by atoms with Gasteiger partial charge in [0.25, 0.3) is 0 Å². The zero-order valence-electron chi connectivity index (χ0n) is 10.9. The average Bonchev–Trinajstić information content (AvgIpc) is 2.76. The van der Waals surface area contributed by atoms with Crippen LogP contribution in [0.3, 0.4) is 0 Å². The van der Waals surface area contributed by atoms with Gasteiger partial charge in [0.05, 0.1) is 0 Å². The Morgan fingerprint density at radius 2 is 2.26 bits per heavy atom. The lowest BCUT2D eigenvalue weighted by atomic mass is 10.1. The van der Waals surface area contributed by atoms with E-state index in [1.165, 1.54) is 6.92 Å². The normalized spacial score (nSPS) is 19.3. The summed E-state index contributed by atoms with van der Waals surface area (Å²) in [5, 5.41) is 11.9. The lowest BCUT2D eigenvalue weighted by Gasteiger charge is -2.21. The SMILES string of the molecule is CC(=O)Nc1cccc(CN2CCCC2C(=O)O)c1. The Kier molecular flexibility index (Phi) is 4.16. The molecular weight excluding hydrogens is 244 g/mol. The Balaban J connectivity index is 2.06. The summed E-state index contributed by atoms with van der Waals surface area (Å²) in [5.74, 6) is -0.864. The van der Waals surface area contributed by atoms with E-state index in [-0.39, 0.29) is 11.9 Å². The molecule has 1 aromatic carbocycles. The van der Waals surface area contributed by atoms with Crippen LogP contribution in [0.25, 0.3) is 0 Å². The van der Waals surface area contributed by atoms with Gasteiger partial charge < -0.3 is 10.4 Å². The van der Waals surface area contributed by atoms with E-state index in [2.05, 4.69) is 5.32 Å². The maximum atomic E-state index is 11.1. The van der Waals surface area contributed by atoms with Crippen LogP contribution in [0.1, 0.15) is 25.3 Å². The van der Waals surface area contributed by atoms with E-state index in [4.69, 9.17) is 5.11 Å². The fourth-order valence-corrected chi connectivity index (χ4v) is 2.48. The molecule has 1 aromatic rings. The molecule has 1 heterocycles. The third-order valence-electron chi connectivity index (χ3n) is 3.28. The van der Waals surface area contributed by atoms with Crippen LogP contribution in [0.15, 0.2) is 24.3 Å². The van der Waals surface area contributed by atoms with Crippen molar-refractivity contribution in [3.05, 3.63) is 29.8 Å². The first kappa shape index (κ1) is 13.5. The average molecular weight is 262 g/mol. The first-order valence-corrected chi connectivity index (χ1v) is 6.39. The second-order valence-electron chi connectivity index (χ2n) is 4.85. The van der Waals surface area contributed by atoms with E-state index >= 15 is 0 Å². The minimum atomic E-state index is -0.754. The minimum absolute atomic E-state index is 0.110. The summed E-state index contributed by atoms with van der Waals surface area (Å²) < 4.78 is 0. The molecule has 1 unspecified atom stereocenters. The molecule has 2 rings (SSSR count). The molecule has 0 aromatic heterocycles. The van der Waals surface area contributed by atoms with Crippen LogP contribution in [-0.2, 0) is 16.1 Å². The van der Waals surface area contributed by atoms with Gasteiger partial charge in [-0.05, 0) is 37.1 Å². The summed E-state index contributed by atoms with van der Waals surface area (Å²) in [6.45, 7) is 2.87. The van der Waals surface area contributed by atoms with Crippen molar-refractivity contribution in [2.75, 3.05) is 11.9 Å². The van der Waals surface area contributed by atoms with Gasteiger partial charge in [-0.2, -0.15) is 0 Å². The van der Waals surface area contributed by atoms with E-state index in [0.717, 1.165) is 24.2 Å². The Labute approximate surface area is 112 Å². The predicted octanol–water partition coefficient (Wildman–Crippen LogP) is 1.69. The summed E-state index contributed by atoms with van der Waals surface area (Å²) in [7, 11) is 0. The number of anilines is 1. The van der Waals surface area contributed by atoms with Crippen molar-refractivity contribution in [3.63, 3.8) is 0 Å². The van der Waals surface area contributed by atoms with Crippen molar-refractivity contribution in [2.24, 2.45) is 0 Å². The molecule has 0 radical (unpaired) electrons. The van der Waals surface area contributed by atoms with Crippen LogP contribution in [0.2, 0.25) is 0 Å². The van der Waals surface area contributed by atoms with Gasteiger partial charge in [0.15, 0.2) is 0 Å². The number of nitrogens with zero attached hydrogens (tertiary/aromatic N) is 1. The number of carbonyl (C=O) groups excluding carboxylic acids is 1. The number of rotatable bonds is 4. The van der Waals surface area contributed by atoms with Crippen LogP contribution in [0.5, 0.6) is 0 Å². The fraction of sp³-hybridized carbons (Fsp3) is 0.429. The Bertz CT molecular complexity index is 487. The highest BCUT2D eigenvalue weighted by molar-refractivity contribution is 5.88. The van der Waals surface area contributed by atoms with Crippen molar-refractivity contribution < 1.29 is 14.7 Å². The van der Waals surface area contributed by atoms with E-state index in [1.807, 2.05) is 29.2 Å². The minimum Gasteiger partial charge on any atom is -0.480 e. The molecule has 1 aliphatic heterocycles. The second kappa shape index (κ2) is 5.84. The van der Waals surface area contributed by atoms with E-state index in [0.29, 0.717) is 13.0 Å². The van der Waals surface area contributed by atoms with Gasteiger partial charge in [-0.1, -0.05) is 12.1 Å². The molecule has 0 spiro atoms. The van der Waals surface area contributed by atoms with Crippen LogP contribution in [0.4, 0.5) is 5.69 Å². The maximum Gasteiger partial charge on any atom is 0.320 e. The zero-order chi connectivity index (χ0) is 13.8. The molecule has 5 heteroatoms. The monoisotopic (exact) mass is 262 g/mol. The number of carbonyl (C=O) groups is 2.